The van der Waals surface area contributed by atoms with E-state index in [2.05, 4.69) is 27.3 Å². The average molecular weight is 464 g/mol. The molecule has 0 aromatic rings. The Morgan fingerprint density at radius 3 is 2.45 bits per heavy atom. The van der Waals surface area contributed by atoms with E-state index in [4.69, 9.17) is 0 Å². The van der Waals surface area contributed by atoms with E-state index in [1.165, 1.54) is 24.9 Å². The van der Waals surface area contributed by atoms with Crippen LogP contribution in [0, 0.1) is 0 Å². The van der Waals surface area contributed by atoms with Crippen molar-refractivity contribution in [2.75, 3.05) is 32.1 Å². The molecule has 3 N–H and O–H groups in total. The van der Waals surface area contributed by atoms with Crippen molar-refractivity contribution in [3.05, 3.63) is 0 Å². The van der Waals surface area contributed by atoms with Crippen LogP contribution in [-0.4, -0.2) is 56.8 Å². The molecule has 0 aromatic heterocycles. The molecule has 0 aliphatic carbocycles. The highest BCUT2D eigenvalue weighted by Gasteiger charge is 2.29. The summed E-state index contributed by atoms with van der Waals surface area (Å²) in [7, 11) is -1.51. The van der Waals surface area contributed by atoms with Gasteiger partial charge in [-0.05, 0) is 39.4 Å². The number of thioether (sulfide) groups is 1. The number of hydrogen-bond donors (Lipinski definition) is 3. The number of hydrogen-bond acceptors (Lipinski definition) is 4. The molecular weight excluding hydrogens is 435 g/mol. The Morgan fingerprint density at radius 2 is 2.00 bits per heavy atom. The summed E-state index contributed by atoms with van der Waals surface area (Å²) in [5.41, 5.74) is -0.572. The lowest BCUT2D eigenvalue weighted by Crippen LogP contribution is -2.53. The molecule has 1 unspecified atom stereocenters. The summed E-state index contributed by atoms with van der Waals surface area (Å²) in [6.07, 6.45) is 3.64. The van der Waals surface area contributed by atoms with Crippen molar-refractivity contribution < 1.29 is 8.42 Å². The molecule has 0 amide bonds. The van der Waals surface area contributed by atoms with Crippen molar-refractivity contribution in [2.24, 2.45) is 4.99 Å². The lowest BCUT2D eigenvalue weighted by atomic mass is 10.1. The molecule has 132 valence electrons. The summed E-state index contributed by atoms with van der Waals surface area (Å²) < 4.78 is 25.5. The summed E-state index contributed by atoms with van der Waals surface area (Å²) >= 11 is 1.99. The minimum absolute atomic E-state index is 0. The fraction of sp³-hybridized carbons (Fsp3) is 0.923. The van der Waals surface area contributed by atoms with Gasteiger partial charge in [0.2, 0.25) is 10.0 Å². The third-order valence-electron chi connectivity index (χ3n) is 3.31. The van der Waals surface area contributed by atoms with Gasteiger partial charge >= 0.3 is 0 Å². The van der Waals surface area contributed by atoms with Crippen molar-refractivity contribution >= 4 is 51.7 Å². The molecule has 22 heavy (non-hydrogen) atoms. The Kier molecular flexibility index (Phi) is 9.04. The van der Waals surface area contributed by atoms with Crippen molar-refractivity contribution in [1.82, 2.24) is 15.4 Å². The van der Waals surface area contributed by atoms with E-state index < -0.39 is 15.6 Å². The highest BCUT2D eigenvalue weighted by molar-refractivity contribution is 14.0. The molecule has 0 bridgehead atoms. The molecule has 1 atom stereocenters. The number of nitrogens with one attached hydrogen (secondary N) is 3. The molecule has 1 fully saturated rings. The van der Waals surface area contributed by atoms with Gasteiger partial charge < -0.3 is 10.6 Å². The van der Waals surface area contributed by atoms with Crippen LogP contribution in [0.2, 0.25) is 0 Å². The molecule has 1 saturated heterocycles. The van der Waals surface area contributed by atoms with Crippen molar-refractivity contribution in [3.63, 3.8) is 0 Å². The number of nitrogens with zero attached hydrogens (tertiary/aromatic N) is 1. The third-order valence-corrected chi connectivity index (χ3v) is 5.77. The first-order valence-corrected chi connectivity index (χ1v) is 10.0. The van der Waals surface area contributed by atoms with Crippen LogP contribution < -0.4 is 15.4 Å². The number of guanidine groups is 1. The maximum Gasteiger partial charge on any atom is 0.209 e. The molecule has 6 nitrogen and oxygen atoms in total. The predicted octanol–water partition coefficient (Wildman–Crippen LogP) is 1.38. The summed E-state index contributed by atoms with van der Waals surface area (Å²) in [5.74, 6) is 1.92. The first kappa shape index (κ1) is 22.3. The SMILES string of the molecule is CN=C(NCC(C)(C)NS(C)(=O)=O)NCC1(C)CCCS1.I. The summed E-state index contributed by atoms with van der Waals surface area (Å²) in [4.78, 5) is 4.19. The zero-order valence-corrected chi connectivity index (χ0v) is 18.0. The Hall–Kier alpha value is 0.260. The number of halogens is 1. The van der Waals surface area contributed by atoms with Crippen LogP contribution in [0.3, 0.4) is 0 Å². The van der Waals surface area contributed by atoms with Gasteiger partial charge in [-0.25, -0.2) is 13.1 Å². The van der Waals surface area contributed by atoms with E-state index >= 15 is 0 Å². The second-order valence-corrected chi connectivity index (χ2v) is 9.87. The maximum atomic E-state index is 11.3. The maximum absolute atomic E-state index is 11.3. The fourth-order valence-corrected chi connectivity index (χ4v) is 4.63. The van der Waals surface area contributed by atoms with Gasteiger partial charge in [-0.2, -0.15) is 11.8 Å². The molecule has 0 saturated carbocycles. The fourth-order valence-electron chi connectivity index (χ4n) is 2.31. The van der Waals surface area contributed by atoms with Crippen LogP contribution in [0.15, 0.2) is 4.99 Å². The van der Waals surface area contributed by atoms with Crippen LogP contribution >= 0.6 is 35.7 Å². The molecule has 0 spiro atoms. The van der Waals surface area contributed by atoms with Crippen LogP contribution in [0.25, 0.3) is 0 Å². The number of sulfonamides is 1. The van der Waals surface area contributed by atoms with E-state index in [0.29, 0.717) is 12.5 Å². The Bertz CT molecular complexity index is 474. The van der Waals surface area contributed by atoms with Gasteiger partial charge in [-0.3, -0.25) is 4.99 Å². The van der Waals surface area contributed by atoms with E-state index in [-0.39, 0.29) is 28.7 Å². The Labute approximate surface area is 156 Å². The topological polar surface area (TPSA) is 82.6 Å². The first-order valence-electron chi connectivity index (χ1n) is 7.13. The van der Waals surface area contributed by atoms with Crippen molar-refractivity contribution in [3.8, 4) is 0 Å². The largest absolute Gasteiger partial charge is 0.355 e. The summed E-state index contributed by atoms with van der Waals surface area (Å²) in [5, 5.41) is 6.50. The van der Waals surface area contributed by atoms with Crippen LogP contribution in [0.5, 0.6) is 0 Å². The molecule has 1 aliphatic heterocycles. The quantitative estimate of drug-likeness (QED) is 0.315. The van der Waals surface area contributed by atoms with Gasteiger partial charge in [-0.1, -0.05) is 0 Å². The van der Waals surface area contributed by atoms with E-state index in [1.54, 1.807) is 7.05 Å². The molecular formula is C13H29IN4O2S2. The Morgan fingerprint density at radius 1 is 1.36 bits per heavy atom. The van der Waals surface area contributed by atoms with Gasteiger partial charge in [-0.15, -0.1) is 24.0 Å². The highest BCUT2D eigenvalue weighted by Crippen LogP contribution is 2.36. The molecule has 0 aromatic carbocycles. The molecule has 1 aliphatic rings. The van der Waals surface area contributed by atoms with E-state index in [9.17, 15) is 8.42 Å². The van der Waals surface area contributed by atoms with E-state index in [1.807, 2.05) is 25.6 Å². The zero-order valence-electron chi connectivity index (χ0n) is 14.0. The smallest absolute Gasteiger partial charge is 0.209 e. The second-order valence-electron chi connectivity index (χ2n) is 6.44. The minimum atomic E-state index is -3.23. The predicted molar refractivity (Wildman–Crippen MR) is 107 cm³/mol. The molecule has 1 heterocycles. The standard InChI is InChI=1S/C13H28N4O2S2.HI/c1-12(2,17-21(5,18)19)9-15-11(14-4)16-10-13(3)7-6-8-20-13;/h17H,6-10H2,1-5H3,(H2,14,15,16);1H. The first-order chi connectivity index (χ1) is 9.55. The highest BCUT2D eigenvalue weighted by atomic mass is 127. The summed E-state index contributed by atoms with van der Waals surface area (Å²) in [6, 6.07) is 0. The van der Waals surface area contributed by atoms with Gasteiger partial charge in [0, 0.05) is 30.4 Å². The van der Waals surface area contributed by atoms with Crippen LogP contribution in [-0.2, 0) is 10.0 Å². The van der Waals surface area contributed by atoms with Gasteiger partial charge in [0.05, 0.1) is 6.26 Å². The van der Waals surface area contributed by atoms with Gasteiger partial charge in [0.1, 0.15) is 0 Å². The molecule has 0 radical (unpaired) electrons. The van der Waals surface area contributed by atoms with Gasteiger partial charge in [0.25, 0.3) is 0 Å². The zero-order chi connectivity index (χ0) is 16.1. The minimum Gasteiger partial charge on any atom is -0.355 e. The van der Waals surface area contributed by atoms with Crippen LogP contribution in [0.1, 0.15) is 33.6 Å². The molecule has 1 rings (SSSR count). The normalized spacial score (nSPS) is 23.0. The lowest BCUT2D eigenvalue weighted by molar-refractivity contribution is 0.445. The van der Waals surface area contributed by atoms with E-state index in [0.717, 1.165) is 6.54 Å². The lowest BCUT2D eigenvalue weighted by Gasteiger charge is -2.28. The Balaban J connectivity index is 0.00000441. The van der Waals surface area contributed by atoms with Gasteiger partial charge in [0.15, 0.2) is 5.96 Å². The summed E-state index contributed by atoms with van der Waals surface area (Å²) in [6.45, 7) is 7.26. The monoisotopic (exact) mass is 464 g/mol. The molecule has 9 heteroatoms. The van der Waals surface area contributed by atoms with Crippen molar-refractivity contribution in [2.45, 2.75) is 43.9 Å². The average Bonchev–Trinajstić information content (AvgIpc) is 2.73. The third kappa shape index (κ3) is 8.78. The van der Waals surface area contributed by atoms with Crippen molar-refractivity contribution in [1.29, 1.82) is 0 Å². The second kappa shape index (κ2) is 8.93. The number of aliphatic imine (C=N–C) groups is 1. The van der Waals surface area contributed by atoms with Crippen LogP contribution in [0.4, 0.5) is 0 Å². The number of rotatable bonds is 6.